The second-order valence-corrected chi connectivity index (χ2v) is 4.77. The number of amides is 1. The number of carbonyl (C=O) groups excluding carboxylic acids is 1. The molecule has 0 fully saturated rings. The number of unbranched alkanes of at least 4 members (excludes halogenated alkanes) is 4. The van der Waals surface area contributed by atoms with Gasteiger partial charge in [0.05, 0.1) is 5.69 Å². The average molecular weight is 272 g/mol. The third-order valence-electron chi connectivity index (χ3n) is 2.71. The van der Waals surface area contributed by atoms with E-state index in [0.717, 1.165) is 19.3 Å². The molecule has 0 heterocycles. The van der Waals surface area contributed by atoms with Crippen LogP contribution in [-0.2, 0) is 4.79 Å². The van der Waals surface area contributed by atoms with Crippen molar-refractivity contribution in [2.75, 3.05) is 5.32 Å². The van der Waals surface area contributed by atoms with Crippen molar-refractivity contribution < 1.29 is 9.18 Å². The lowest BCUT2D eigenvalue weighted by atomic mass is 10.1. The van der Waals surface area contributed by atoms with E-state index < -0.39 is 5.82 Å². The number of halogens is 2. The van der Waals surface area contributed by atoms with E-state index in [9.17, 15) is 9.18 Å². The molecule has 2 nitrogen and oxygen atoms in total. The van der Waals surface area contributed by atoms with E-state index in [4.69, 9.17) is 11.6 Å². The molecule has 0 unspecified atom stereocenters. The fraction of sp³-hybridized carbons (Fsp3) is 0.500. The van der Waals surface area contributed by atoms with Crippen LogP contribution < -0.4 is 5.32 Å². The fourth-order valence-corrected chi connectivity index (χ4v) is 1.87. The van der Waals surface area contributed by atoms with Crippen molar-refractivity contribution in [3.63, 3.8) is 0 Å². The van der Waals surface area contributed by atoms with Crippen molar-refractivity contribution in [2.24, 2.45) is 0 Å². The second-order valence-electron chi connectivity index (χ2n) is 4.34. The van der Waals surface area contributed by atoms with Gasteiger partial charge < -0.3 is 5.32 Å². The Kier molecular flexibility index (Phi) is 6.73. The summed E-state index contributed by atoms with van der Waals surface area (Å²) in [6, 6.07) is 4.13. The lowest BCUT2D eigenvalue weighted by Gasteiger charge is -2.06. The minimum absolute atomic E-state index is 0.154. The average Bonchev–Trinajstić information content (AvgIpc) is 2.33. The molecule has 0 spiro atoms. The molecule has 0 aliphatic carbocycles. The number of hydrogen-bond donors (Lipinski definition) is 1. The number of anilines is 1. The number of nitrogens with one attached hydrogen (secondary N) is 1. The van der Waals surface area contributed by atoms with Crippen molar-refractivity contribution in [2.45, 2.75) is 45.4 Å². The summed E-state index contributed by atoms with van der Waals surface area (Å²) in [7, 11) is 0. The maximum absolute atomic E-state index is 13.3. The smallest absolute Gasteiger partial charge is 0.224 e. The van der Waals surface area contributed by atoms with Crippen LogP contribution in [0.3, 0.4) is 0 Å². The van der Waals surface area contributed by atoms with Gasteiger partial charge in [0, 0.05) is 11.4 Å². The maximum atomic E-state index is 13.3. The maximum Gasteiger partial charge on any atom is 0.224 e. The molecule has 4 heteroatoms. The molecular formula is C14H19ClFNO. The lowest BCUT2D eigenvalue weighted by Crippen LogP contribution is -2.12. The van der Waals surface area contributed by atoms with Gasteiger partial charge in [0.25, 0.3) is 0 Å². The summed E-state index contributed by atoms with van der Waals surface area (Å²) >= 11 is 5.74. The van der Waals surface area contributed by atoms with Gasteiger partial charge >= 0.3 is 0 Å². The first-order valence-corrected chi connectivity index (χ1v) is 6.76. The van der Waals surface area contributed by atoms with E-state index in [0.29, 0.717) is 11.4 Å². The molecule has 0 atom stereocenters. The van der Waals surface area contributed by atoms with E-state index in [1.54, 1.807) is 0 Å². The van der Waals surface area contributed by atoms with E-state index in [-0.39, 0.29) is 11.6 Å². The number of carbonyl (C=O) groups is 1. The van der Waals surface area contributed by atoms with Crippen LogP contribution in [-0.4, -0.2) is 5.91 Å². The molecule has 0 saturated heterocycles. The zero-order chi connectivity index (χ0) is 13.4. The highest BCUT2D eigenvalue weighted by Gasteiger charge is 2.07. The minimum Gasteiger partial charge on any atom is -0.324 e. The highest BCUT2D eigenvalue weighted by Crippen LogP contribution is 2.19. The summed E-state index contributed by atoms with van der Waals surface area (Å²) in [5, 5.41) is 2.96. The van der Waals surface area contributed by atoms with Gasteiger partial charge in [-0.25, -0.2) is 4.39 Å². The predicted molar refractivity (Wildman–Crippen MR) is 73.4 cm³/mol. The summed E-state index contributed by atoms with van der Waals surface area (Å²) < 4.78 is 13.3. The number of rotatable bonds is 7. The largest absolute Gasteiger partial charge is 0.324 e. The second kappa shape index (κ2) is 8.09. The summed E-state index contributed by atoms with van der Waals surface area (Å²) in [4.78, 5) is 11.6. The fourth-order valence-electron chi connectivity index (χ4n) is 1.70. The van der Waals surface area contributed by atoms with E-state index in [1.807, 2.05) is 0 Å². The molecule has 1 amide bonds. The molecule has 0 saturated carbocycles. The van der Waals surface area contributed by atoms with Crippen molar-refractivity contribution in [1.82, 2.24) is 0 Å². The summed E-state index contributed by atoms with van der Waals surface area (Å²) in [5.74, 6) is -0.619. The third kappa shape index (κ3) is 5.50. The quantitative estimate of drug-likeness (QED) is 0.711. The topological polar surface area (TPSA) is 29.1 Å². The Labute approximate surface area is 113 Å². The van der Waals surface area contributed by atoms with E-state index in [2.05, 4.69) is 12.2 Å². The van der Waals surface area contributed by atoms with Crippen LogP contribution in [0, 0.1) is 5.82 Å². The van der Waals surface area contributed by atoms with Gasteiger partial charge in [0.2, 0.25) is 5.91 Å². The van der Waals surface area contributed by atoms with Crippen LogP contribution >= 0.6 is 11.6 Å². The van der Waals surface area contributed by atoms with Crippen molar-refractivity contribution >= 4 is 23.2 Å². The van der Waals surface area contributed by atoms with Crippen LogP contribution in [0.5, 0.6) is 0 Å². The Morgan fingerprint density at radius 3 is 2.72 bits per heavy atom. The van der Waals surface area contributed by atoms with Crippen molar-refractivity contribution in [3.8, 4) is 0 Å². The Balaban J connectivity index is 2.33. The first kappa shape index (κ1) is 15.0. The van der Waals surface area contributed by atoms with Gasteiger partial charge in [-0.2, -0.15) is 0 Å². The zero-order valence-electron chi connectivity index (χ0n) is 10.6. The molecular weight excluding hydrogens is 253 g/mol. The molecule has 0 bridgehead atoms. The van der Waals surface area contributed by atoms with Crippen LogP contribution in [0.1, 0.15) is 45.4 Å². The Morgan fingerprint density at radius 1 is 1.28 bits per heavy atom. The molecule has 100 valence electrons. The van der Waals surface area contributed by atoms with Crippen molar-refractivity contribution in [3.05, 3.63) is 29.0 Å². The van der Waals surface area contributed by atoms with Crippen LogP contribution in [0.25, 0.3) is 0 Å². The highest BCUT2D eigenvalue weighted by atomic mass is 35.5. The number of hydrogen-bond acceptors (Lipinski definition) is 1. The summed E-state index contributed by atoms with van der Waals surface area (Å²) in [6.07, 6.45) is 5.84. The molecule has 1 aromatic carbocycles. The van der Waals surface area contributed by atoms with Gasteiger partial charge in [-0.15, -0.1) is 0 Å². The van der Waals surface area contributed by atoms with Crippen LogP contribution in [0.2, 0.25) is 5.02 Å². The van der Waals surface area contributed by atoms with E-state index >= 15 is 0 Å². The normalized spacial score (nSPS) is 10.4. The molecule has 0 aliphatic heterocycles. The van der Waals surface area contributed by atoms with E-state index in [1.165, 1.54) is 31.0 Å². The first-order valence-electron chi connectivity index (χ1n) is 6.38. The van der Waals surface area contributed by atoms with Crippen LogP contribution in [0.15, 0.2) is 18.2 Å². The van der Waals surface area contributed by atoms with Gasteiger partial charge in [0.15, 0.2) is 0 Å². The van der Waals surface area contributed by atoms with Gasteiger partial charge in [0.1, 0.15) is 5.82 Å². The molecule has 0 aliphatic rings. The molecule has 0 aromatic heterocycles. The highest BCUT2D eigenvalue weighted by molar-refractivity contribution is 6.30. The molecule has 1 aromatic rings. The van der Waals surface area contributed by atoms with Crippen molar-refractivity contribution in [1.29, 1.82) is 0 Å². The predicted octanol–water partition coefficient (Wildman–Crippen LogP) is 4.78. The van der Waals surface area contributed by atoms with Gasteiger partial charge in [-0.1, -0.05) is 44.2 Å². The molecule has 1 N–H and O–H groups in total. The minimum atomic E-state index is -0.460. The molecule has 18 heavy (non-hydrogen) atoms. The SMILES string of the molecule is CCCCCCCC(=O)Nc1cc(Cl)ccc1F. The van der Waals surface area contributed by atoms with Crippen LogP contribution in [0.4, 0.5) is 10.1 Å². The Bertz CT molecular complexity index is 395. The third-order valence-corrected chi connectivity index (χ3v) is 2.94. The standard InChI is InChI=1S/C14H19ClFNO/c1-2-3-4-5-6-7-14(18)17-13-10-11(15)8-9-12(13)16/h8-10H,2-7H2,1H3,(H,17,18). The molecule has 1 rings (SSSR count). The Hall–Kier alpha value is -1.09. The summed E-state index contributed by atoms with van der Waals surface area (Å²) in [5.41, 5.74) is 0.154. The summed E-state index contributed by atoms with van der Waals surface area (Å²) in [6.45, 7) is 2.15. The monoisotopic (exact) mass is 271 g/mol. The number of benzene rings is 1. The lowest BCUT2D eigenvalue weighted by molar-refractivity contribution is -0.116. The van der Waals surface area contributed by atoms with Gasteiger partial charge in [-0.05, 0) is 24.6 Å². The Morgan fingerprint density at radius 2 is 2.00 bits per heavy atom. The van der Waals surface area contributed by atoms with Gasteiger partial charge in [-0.3, -0.25) is 4.79 Å². The molecule has 0 radical (unpaired) electrons. The first-order chi connectivity index (χ1) is 8.63. The zero-order valence-corrected chi connectivity index (χ0v) is 11.4.